The lowest BCUT2D eigenvalue weighted by atomic mass is 9.78. The number of hydrogen-bond donors (Lipinski definition) is 0. The summed E-state index contributed by atoms with van der Waals surface area (Å²) in [6.07, 6.45) is 4.56. The fourth-order valence-electron chi connectivity index (χ4n) is 3.13. The average molecular weight is 377 g/mol. The van der Waals surface area contributed by atoms with Crippen LogP contribution in [-0.4, -0.2) is 15.8 Å². The molecule has 4 rings (SSSR count). The topological polar surface area (TPSA) is 33.2 Å². The Morgan fingerprint density at radius 1 is 1.43 bits per heavy atom. The highest BCUT2D eigenvalue weighted by atomic mass is 79.9. The summed E-state index contributed by atoms with van der Waals surface area (Å²) in [5, 5.41) is 0. The Hall–Kier alpha value is -1.75. The first kappa shape index (κ1) is 12.6. The fourth-order valence-corrected chi connectivity index (χ4v) is 3.58. The Labute approximate surface area is 145 Å². The van der Waals surface area contributed by atoms with E-state index in [-0.39, 0.29) is 23.7 Å². The molecular weight excluding hydrogens is 359 g/mol. The maximum Gasteiger partial charge on any atom is 0.256 e. The third kappa shape index (κ3) is 2.57. The fraction of sp³-hybridized carbons (Fsp3) is 0.333. The van der Waals surface area contributed by atoms with E-state index in [1.165, 1.54) is 12.3 Å². The van der Waals surface area contributed by atoms with Crippen molar-refractivity contribution in [2.75, 3.05) is 0 Å². The van der Waals surface area contributed by atoms with Crippen LogP contribution in [0.3, 0.4) is 0 Å². The number of carbonyl (C=O) groups excluding carboxylic acids is 1. The third-order valence-electron chi connectivity index (χ3n) is 4.58. The van der Waals surface area contributed by atoms with Crippen LogP contribution in [0.4, 0.5) is 4.39 Å². The van der Waals surface area contributed by atoms with E-state index in [9.17, 15) is 9.18 Å². The van der Waals surface area contributed by atoms with Crippen molar-refractivity contribution in [2.45, 2.75) is 38.2 Å². The summed E-state index contributed by atoms with van der Waals surface area (Å²) < 4.78 is 32.0. The van der Waals surface area contributed by atoms with Crippen molar-refractivity contribution in [3.8, 4) is 0 Å². The second-order valence-electron chi connectivity index (χ2n) is 5.99. The Morgan fingerprint density at radius 2 is 2.26 bits per heavy atom. The van der Waals surface area contributed by atoms with E-state index in [4.69, 9.17) is 2.74 Å². The van der Waals surface area contributed by atoms with Crippen molar-refractivity contribution in [1.82, 2.24) is 9.88 Å². The first-order valence-electron chi connectivity index (χ1n) is 8.65. The molecule has 1 saturated carbocycles. The van der Waals surface area contributed by atoms with Gasteiger partial charge in [0.2, 0.25) is 0 Å². The lowest BCUT2D eigenvalue weighted by molar-refractivity contribution is 0.0764. The van der Waals surface area contributed by atoms with Gasteiger partial charge in [0.05, 0.1) is 20.5 Å². The number of benzene rings is 1. The highest BCUT2D eigenvalue weighted by Crippen LogP contribution is 2.40. The number of nitrogens with zero attached hydrogens (tertiary/aromatic N) is 2. The van der Waals surface area contributed by atoms with Crippen molar-refractivity contribution in [3.63, 3.8) is 0 Å². The van der Waals surface area contributed by atoms with E-state index >= 15 is 0 Å². The minimum atomic E-state index is -2.05. The molecule has 0 bridgehead atoms. The van der Waals surface area contributed by atoms with Gasteiger partial charge in [0, 0.05) is 22.8 Å². The van der Waals surface area contributed by atoms with Gasteiger partial charge in [-0.3, -0.25) is 9.78 Å². The van der Waals surface area contributed by atoms with Crippen LogP contribution >= 0.6 is 15.9 Å². The number of hydrogen-bond acceptors (Lipinski definition) is 2. The van der Waals surface area contributed by atoms with Crippen LogP contribution in [0.25, 0.3) is 0 Å². The van der Waals surface area contributed by atoms with E-state index < -0.39 is 18.2 Å². The van der Waals surface area contributed by atoms with Gasteiger partial charge in [-0.2, -0.15) is 0 Å². The Bertz CT molecular complexity index is 870. The first-order valence-corrected chi connectivity index (χ1v) is 8.44. The zero-order valence-corrected chi connectivity index (χ0v) is 13.9. The molecule has 3 nitrogen and oxygen atoms in total. The standard InChI is InChI=1S/C18H16BrFN2O/c19-12-7-14(11-3-1-4-11)15(16(20)8-12)9-22-10-17-13(18(22)23)5-2-6-21-17/h2,5-8,11H,1,3-4,9-10H2/i10D2. The predicted octanol–water partition coefficient (Wildman–Crippen LogP) is 4.41. The van der Waals surface area contributed by atoms with Gasteiger partial charge in [0.15, 0.2) is 0 Å². The molecule has 0 unspecified atom stereocenters. The predicted molar refractivity (Wildman–Crippen MR) is 88.5 cm³/mol. The van der Waals surface area contributed by atoms with Gasteiger partial charge in [-0.05, 0) is 48.6 Å². The molecule has 2 aliphatic rings. The molecule has 1 aliphatic carbocycles. The molecule has 1 aromatic heterocycles. The van der Waals surface area contributed by atoms with Crippen LogP contribution < -0.4 is 0 Å². The Morgan fingerprint density at radius 3 is 2.96 bits per heavy atom. The summed E-state index contributed by atoms with van der Waals surface area (Å²) in [7, 11) is 0. The van der Waals surface area contributed by atoms with Crippen LogP contribution in [0.15, 0.2) is 34.9 Å². The number of fused-ring (bicyclic) bond motifs is 1. The van der Waals surface area contributed by atoms with E-state index in [1.54, 1.807) is 12.1 Å². The summed E-state index contributed by atoms with van der Waals surface area (Å²) >= 11 is 3.33. The van der Waals surface area contributed by atoms with Crippen LogP contribution in [0.2, 0.25) is 0 Å². The number of amides is 1. The van der Waals surface area contributed by atoms with Gasteiger partial charge in [-0.15, -0.1) is 0 Å². The number of aromatic nitrogens is 1. The number of rotatable bonds is 3. The zero-order chi connectivity index (χ0) is 17.8. The normalized spacial score (nSPS) is 20.8. The number of pyridine rings is 1. The van der Waals surface area contributed by atoms with Gasteiger partial charge in [-0.1, -0.05) is 22.4 Å². The Balaban J connectivity index is 1.75. The molecule has 2 aromatic rings. The molecular formula is C18H16BrFN2O. The number of halogens is 2. The third-order valence-corrected chi connectivity index (χ3v) is 5.04. The zero-order valence-electron chi connectivity index (χ0n) is 14.4. The molecule has 5 heteroatoms. The molecule has 1 aromatic carbocycles. The highest BCUT2D eigenvalue weighted by molar-refractivity contribution is 9.10. The molecule has 0 atom stereocenters. The molecule has 23 heavy (non-hydrogen) atoms. The van der Waals surface area contributed by atoms with E-state index in [0.29, 0.717) is 10.0 Å². The molecule has 0 radical (unpaired) electrons. The van der Waals surface area contributed by atoms with Crippen molar-refractivity contribution in [3.05, 3.63) is 63.1 Å². The molecule has 2 heterocycles. The maximum atomic E-state index is 14.7. The average Bonchev–Trinajstić information content (AvgIpc) is 2.69. The molecule has 0 saturated heterocycles. The van der Waals surface area contributed by atoms with Crippen LogP contribution in [-0.2, 0) is 13.0 Å². The van der Waals surface area contributed by atoms with Gasteiger partial charge >= 0.3 is 0 Å². The summed E-state index contributed by atoms with van der Waals surface area (Å²) in [5.74, 6) is -0.593. The van der Waals surface area contributed by atoms with Gasteiger partial charge < -0.3 is 4.90 Å². The molecule has 1 fully saturated rings. The lowest BCUT2D eigenvalue weighted by Gasteiger charge is -2.29. The maximum absolute atomic E-state index is 14.7. The van der Waals surface area contributed by atoms with Gasteiger partial charge in [0.1, 0.15) is 5.82 Å². The van der Waals surface area contributed by atoms with E-state index in [2.05, 4.69) is 20.9 Å². The van der Waals surface area contributed by atoms with Crippen molar-refractivity contribution in [1.29, 1.82) is 0 Å². The van der Waals surface area contributed by atoms with Crippen LogP contribution in [0, 0.1) is 5.82 Å². The van der Waals surface area contributed by atoms with Crippen molar-refractivity contribution < 1.29 is 11.9 Å². The second kappa shape index (κ2) is 5.71. The molecule has 0 spiro atoms. The van der Waals surface area contributed by atoms with Crippen LogP contribution in [0.5, 0.6) is 0 Å². The minimum Gasteiger partial charge on any atom is -0.328 e. The van der Waals surface area contributed by atoms with Crippen molar-refractivity contribution >= 4 is 21.8 Å². The SMILES string of the molecule is [2H]C1([2H])c2ncccc2C(=O)N1Cc1c(F)cc(Br)cc1C1CCC1. The lowest BCUT2D eigenvalue weighted by Crippen LogP contribution is -2.25. The molecule has 0 N–H and O–H groups in total. The van der Waals surface area contributed by atoms with E-state index in [0.717, 1.165) is 29.7 Å². The summed E-state index contributed by atoms with van der Waals surface area (Å²) in [6, 6.07) is 6.44. The summed E-state index contributed by atoms with van der Waals surface area (Å²) in [4.78, 5) is 17.8. The smallest absolute Gasteiger partial charge is 0.256 e. The largest absolute Gasteiger partial charge is 0.328 e. The first-order chi connectivity index (χ1) is 11.9. The molecule has 118 valence electrons. The van der Waals surface area contributed by atoms with E-state index in [1.807, 2.05) is 6.07 Å². The molecule has 1 aliphatic heterocycles. The summed E-state index contributed by atoms with van der Waals surface area (Å²) in [5.41, 5.74) is 1.61. The number of carbonyl (C=O) groups is 1. The van der Waals surface area contributed by atoms with Crippen molar-refractivity contribution in [2.24, 2.45) is 0 Å². The second-order valence-corrected chi connectivity index (χ2v) is 6.90. The minimum absolute atomic E-state index is 0.0997. The quantitative estimate of drug-likeness (QED) is 0.794. The molecule has 1 amide bonds. The monoisotopic (exact) mass is 376 g/mol. The van der Waals surface area contributed by atoms with Crippen LogP contribution in [0.1, 0.15) is 55.1 Å². The van der Waals surface area contributed by atoms with Gasteiger partial charge in [0.25, 0.3) is 5.91 Å². The van der Waals surface area contributed by atoms with Gasteiger partial charge in [-0.25, -0.2) is 4.39 Å². The Kier molecular flexibility index (Phi) is 3.14. The summed E-state index contributed by atoms with van der Waals surface area (Å²) in [6.45, 7) is -2.16. The highest BCUT2D eigenvalue weighted by Gasteiger charge is 2.31.